The maximum absolute atomic E-state index is 5.38. The molecule has 114 valence electrons. The van der Waals surface area contributed by atoms with Gasteiger partial charge in [0.25, 0.3) is 0 Å². The summed E-state index contributed by atoms with van der Waals surface area (Å²) in [5, 5.41) is 8.16. The van der Waals surface area contributed by atoms with Gasteiger partial charge in [-0.1, -0.05) is 26.8 Å². The Kier molecular flexibility index (Phi) is 5.39. The molecule has 0 fully saturated rings. The lowest BCUT2D eigenvalue weighted by Crippen LogP contribution is -2.39. The standard InChI is InChI=1S/C17H25N3O/c1-5-14(20-12(2)3)11-19-16-10-15(21-4)9-13-7-6-8-18-17(13)16/h6-10,12,14,19-20H,5,11H2,1-4H3. The second-order valence-corrected chi connectivity index (χ2v) is 5.56. The van der Waals surface area contributed by atoms with E-state index in [0.29, 0.717) is 12.1 Å². The third-order valence-corrected chi connectivity index (χ3v) is 3.51. The van der Waals surface area contributed by atoms with Crippen LogP contribution in [0.3, 0.4) is 0 Å². The first-order valence-corrected chi connectivity index (χ1v) is 7.56. The SMILES string of the molecule is CCC(CNc1cc(OC)cc2cccnc12)NC(C)C. The van der Waals surface area contributed by atoms with Crippen LogP contribution in [0.4, 0.5) is 5.69 Å². The van der Waals surface area contributed by atoms with Gasteiger partial charge in [-0.2, -0.15) is 0 Å². The monoisotopic (exact) mass is 287 g/mol. The fourth-order valence-corrected chi connectivity index (χ4v) is 2.44. The van der Waals surface area contributed by atoms with E-state index < -0.39 is 0 Å². The van der Waals surface area contributed by atoms with E-state index in [4.69, 9.17) is 4.74 Å². The summed E-state index contributed by atoms with van der Waals surface area (Å²) in [4.78, 5) is 4.48. The molecule has 0 aliphatic heterocycles. The molecule has 1 aromatic heterocycles. The first kappa shape index (κ1) is 15.6. The number of ether oxygens (including phenoxy) is 1. The van der Waals surface area contributed by atoms with Crippen molar-refractivity contribution in [2.75, 3.05) is 19.0 Å². The fraction of sp³-hybridized carbons (Fsp3) is 0.471. The number of aromatic nitrogens is 1. The third-order valence-electron chi connectivity index (χ3n) is 3.51. The zero-order valence-corrected chi connectivity index (χ0v) is 13.3. The van der Waals surface area contributed by atoms with Gasteiger partial charge in [-0.05, 0) is 18.6 Å². The van der Waals surface area contributed by atoms with Crippen LogP contribution in [0.15, 0.2) is 30.5 Å². The Morgan fingerprint density at radius 2 is 2.10 bits per heavy atom. The van der Waals surface area contributed by atoms with Crippen molar-refractivity contribution in [2.45, 2.75) is 39.3 Å². The molecule has 0 amide bonds. The van der Waals surface area contributed by atoms with E-state index in [1.807, 2.05) is 24.4 Å². The summed E-state index contributed by atoms with van der Waals surface area (Å²) in [6.07, 6.45) is 2.91. The van der Waals surface area contributed by atoms with Gasteiger partial charge in [0.2, 0.25) is 0 Å². The molecule has 0 bridgehead atoms. The summed E-state index contributed by atoms with van der Waals surface area (Å²) in [5.74, 6) is 0.850. The van der Waals surface area contributed by atoms with Crippen LogP contribution in [0.25, 0.3) is 10.9 Å². The number of pyridine rings is 1. The second kappa shape index (κ2) is 7.27. The smallest absolute Gasteiger partial charge is 0.121 e. The number of methoxy groups -OCH3 is 1. The summed E-state index contributed by atoms with van der Waals surface area (Å²) < 4.78 is 5.38. The van der Waals surface area contributed by atoms with Gasteiger partial charge in [-0.15, -0.1) is 0 Å². The van der Waals surface area contributed by atoms with Crippen molar-refractivity contribution >= 4 is 16.6 Å². The second-order valence-electron chi connectivity index (χ2n) is 5.56. The molecule has 0 saturated heterocycles. The number of rotatable bonds is 7. The molecule has 0 radical (unpaired) electrons. The molecule has 4 nitrogen and oxygen atoms in total. The van der Waals surface area contributed by atoms with Crippen molar-refractivity contribution in [3.05, 3.63) is 30.5 Å². The van der Waals surface area contributed by atoms with Crippen LogP contribution in [0.5, 0.6) is 5.75 Å². The van der Waals surface area contributed by atoms with Crippen molar-refractivity contribution in [3.8, 4) is 5.75 Å². The molecule has 1 atom stereocenters. The molecule has 1 aromatic carbocycles. The van der Waals surface area contributed by atoms with Gasteiger partial charge < -0.3 is 15.4 Å². The summed E-state index contributed by atoms with van der Waals surface area (Å²) in [7, 11) is 1.69. The van der Waals surface area contributed by atoms with Crippen molar-refractivity contribution in [3.63, 3.8) is 0 Å². The van der Waals surface area contributed by atoms with Gasteiger partial charge in [-0.3, -0.25) is 4.98 Å². The highest BCUT2D eigenvalue weighted by Gasteiger charge is 2.10. The number of fused-ring (bicyclic) bond motifs is 1. The molecule has 4 heteroatoms. The lowest BCUT2D eigenvalue weighted by atomic mass is 10.1. The number of nitrogens with zero attached hydrogens (tertiary/aromatic N) is 1. The maximum atomic E-state index is 5.38. The Labute approximate surface area is 126 Å². The molecule has 2 N–H and O–H groups in total. The molecule has 0 aliphatic rings. The van der Waals surface area contributed by atoms with Gasteiger partial charge in [0.1, 0.15) is 5.75 Å². The topological polar surface area (TPSA) is 46.2 Å². The summed E-state index contributed by atoms with van der Waals surface area (Å²) in [6.45, 7) is 7.41. The summed E-state index contributed by atoms with van der Waals surface area (Å²) in [5.41, 5.74) is 2.01. The van der Waals surface area contributed by atoms with E-state index in [-0.39, 0.29) is 0 Å². The Morgan fingerprint density at radius 3 is 2.76 bits per heavy atom. The van der Waals surface area contributed by atoms with Crippen LogP contribution in [0.1, 0.15) is 27.2 Å². The average molecular weight is 287 g/mol. The predicted molar refractivity (Wildman–Crippen MR) is 89.1 cm³/mol. The molecule has 1 heterocycles. The number of nitrogens with one attached hydrogen (secondary N) is 2. The molecule has 0 saturated carbocycles. The lowest BCUT2D eigenvalue weighted by Gasteiger charge is -2.21. The van der Waals surface area contributed by atoms with E-state index in [9.17, 15) is 0 Å². The number of hydrogen-bond acceptors (Lipinski definition) is 4. The zero-order chi connectivity index (χ0) is 15.2. The molecular formula is C17H25N3O. The minimum absolute atomic E-state index is 0.440. The molecule has 0 spiro atoms. The largest absolute Gasteiger partial charge is 0.497 e. The van der Waals surface area contributed by atoms with Gasteiger partial charge in [0.15, 0.2) is 0 Å². The molecular weight excluding hydrogens is 262 g/mol. The van der Waals surface area contributed by atoms with Crippen LogP contribution in [0, 0.1) is 0 Å². The van der Waals surface area contributed by atoms with Gasteiger partial charge >= 0.3 is 0 Å². The van der Waals surface area contributed by atoms with Gasteiger partial charge in [-0.25, -0.2) is 0 Å². The highest BCUT2D eigenvalue weighted by Crippen LogP contribution is 2.27. The Bertz CT molecular complexity index is 583. The third kappa shape index (κ3) is 4.08. The van der Waals surface area contributed by atoms with Crippen molar-refractivity contribution in [1.82, 2.24) is 10.3 Å². The Balaban J connectivity index is 2.20. The summed E-state index contributed by atoms with van der Waals surface area (Å²) in [6, 6.07) is 8.95. The first-order chi connectivity index (χ1) is 10.1. The quantitative estimate of drug-likeness (QED) is 0.819. The van der Waals surface area contributed by atoms with E-state index in [1.54, 1.807) is 7.11 Å². The predicted octanol–water partition coefficient (Wildman–Crippen LogP) is 3.43. The molecule has 2 rings (SSSR count). The highest BCUT2D eigenvalue weighted by molar-refractivity contribution is 5.91. The van der Waals surface area contributed by atoms with Crippen molar-refractivity contribution < 1.29 is 4.74 Å². The first-order valence-electron chi connectivity index (χ1n) is 7.56. The van der Waals surface area contributed by atoms with Crippen LogP contribution in [-0.2, 0) is 0 Å². The Morgan fingerprint density at radius 1 is 1.29 bits per heavy atom. The van der Waals surface area contributed by atoms with Gasteiger partial charge in [0.05, 0.1) is 18.3 Å². The van der Waals surface area contributed by atoms with E-state index in [1.165, 1.54) is 0 Å². The molecule has 2 aromatic rings. The molecule has 0 aliphatic carbocycles. The Hall–Kier alpha value is -1.81. The minimum Gasteiger partial charge on any atom is -0.497 e. The van der Waals surface area contributed by atoms with Crippen molar-refractivity contribution in [1.29, 1.82) is 0 Å². The highest BCUT2D eigenvalue weighted by atomic mass is 16.5. The van der Waals surface area contributed by atoms with Crippen molar-refractivity contribution in [2.24, 2.45) is 0 Å². The van der Waals surface area contributed by atoms with Crippen LogP contribution in [0.2, 0.25) is 0 Å². The lowest BCUT2D eigenvalue weighted by molar-refractivity contribution is 0.415. The number of hydrogen-bond donors (Lipinski definition) is 2. The summed E-state index contributed by atoms with van der Waals surface area (Å²) >= 11 is 0. The van der Waals surface area contributed by atoms with Gasteiger partial charge in [0, 0.05) is 36.3 Å². The van der Waals surface area contributed by atoms with Crippen LogP contribution in [-0.4, -0.2) is 30.7 Å². The van der Waals surface area contributed by atoms with Crippen LogP contribution >= 0.6 is 0 Å². The average Bonchev–Trinajstić information content (AvgIpc) is 2.50. The number of benzene rings is 1. The van der Waals surface area contributed by atoms with Crippen LogP contribution < -0.4 is 15.4 Å². The molecule has 21 heavy (non-hydrogen) atoms. The van der Waals surface area contributed by atoms with E-state index in [0.717, 1.165) is 35.3 Å². The van der Waals surface area contributed by atoms with E-state index >= 15 is 0 Å². The molecule has 1 unspecified atom stereocenters. The zero-order valence-electron chi connectivity index (χ0n) is 13.3. The van der Waals surface area contributed by atoms with E-state index in [2.05, 4.69) is 42.5 Å². The number of anilines is 1. The fourth-order valence-electron chi connectivity index (χ4n) is 2.44. The normalized spacial score (nSPS) is 12.6. The maximum Gasteiger partial charge on any atom is 0.121 e. The minimum atomic E-state index is 0.440.